The van der Waals surface area contributed by atoms with Gasteiger partial charge in [0, 0.05) is 26.1 Å². The molecule has 12 heteroatoms. The number of likely N-dealkylation sites (N-methyl/N-ethyl adjacent to an activating group) is 1. The van der Waals surface area contributed by atoms with Gasteiger partial charge in [-0.1, -0.05) is 78.9 Å². The summed E-state index contributed by atoms with van der Waals surface area (Å²) in [4.78, 5) is 63.0. The Morgan fingerprint density at radius 1 is 0.691 bits per heavy atom. The molecule has 0 saturated carbocycles. The number of imidazole rings is 2. The molecule has 3 saturated heterocycles. The van der Waals surface area contributed by atoms with E-state index in [-0.39, 0.29) is 29.8 Å². The van der Waals surface area contributed by atoms with E-state index in [0.717, 1.165) is 103 Å². The van der Waals surface area contributed by atoms with Crippen molar-refractivity contribution >= 4 is 17.9 Å². The number of hydrogen-bond donors (Lipinski definition) is 3. The Hall–Kier alpha value is -5.75. The molecule has 5 heterocycles. The maximum Gasteiger partial charge on any atom is 0.407 e. The van der Waals surface area contributed by atoms with Gasteiger partial charge in [0.05, 0.1) is 35.9 Å². The normalized spacial score (nSPS) is 19.8. The molecule has 0 spiro atoms. The molecule has 3 aliphatic heterocycles. The Morgan fingerprint density at radius 3 is 1.71 bits per heavy atom. The molecule has 3 fully saturated rings. The van der Waals surface area contributed by atoms with Crippen LogP contribution in [0.2, 0.25) is 0 Å². The fraction of sp³-hybridized carbons (Fsp3) is 0.372. The summed E-state index contributed by atoms with van der Waals surface area (Å²) in [7, 11) is 3.56. The van der Waals surface area contributed by atoms with E-state index < -0.39 is 12.1 Å². The van der Waals surface area contributed by atoms with Crippen molar-refractivity contribution in [3.8, 4) is 33.6 Å². The predicted molar refractivity (Wildman–Crippen MR) is 210 cm³/mol. The Morgan fingerprint density at radius 2 is 1.18 bits per heavy atom. The molecule has 284 valence electrons. The van der Waals surface area contributed by atoms with Crippen molar-refractivity contribution in [3.63, 3.8) is 0 Å². The van der Waals surface area contributed by atoms with Gasteiger partial charge in [-0.15, -0.1) is 0 Å². The number of carbonyl (C=O) groups excluding carboxylic acids is 2. The predicted octanol–water partition coefficient (Wildman–Crippen LogP) is 7.15. The molecule has 0 aliphatic carbocycles. The third-order valence-electron chi connectivity index (χ3n) is 11.7. The zero-order chi connectivity index (χ0) is 38.1. The molecule has 3 aromatic carbocycles. The first-order chi connectivity index (χ1) is 26.7. The number of aromatic amines is 2. The van der Waals surface area contributed by atoms with Crippen molar-refractivity contribution in [2.24, 2.45) is 5.92 Å². The monoisotopic (exact) mass is 740 g/mol. The van der Waals surface area contributed by atoms with Crippen molar-refractivity contribution in [1.82, 2.24) is 39.5 Å². The minimum atomic E-state index is -1.16. The van der Waals surface area contributed by atoms with Gasteiger partial charge in [-0.3, -0.25) is 14.5 Å². The summed E-state index contributed by atoms with van der Waals surface area (Å²) in [6.07, 6.45) is 7.85. The second-order valence-electron chi connectivity index (χ2n) is 15.2. The number of likely N-dealkylation sites (tertiary alicyclic amines) is 3. The van der Waals surface area contributed by atoms with E-state index >= 15 is 0 Å². The van der Waals surface area contributed by atoms with Gasteiger partial charge in [-0.2, -0.15) is 0 Å². The lowest BCUT2D eigenvalue weighted by Crippen LogP contribution is -2.43. The van der Waals surface area contributed by atoms with E-state index in [9.17, 15) is 19.5 Å². The smallest absolute Gasteiger partial charge is 0.407 e. The summed E-state index contributed by atoms with van der Waals surface area (Å²) in [6.45, 7) is 3.28. The lowest BCUT2D eigenvalue weighted by atomic mass is 9.95. The van der Waals surface area contributed by atoms with Crippen LogP contribution in [0, 0.1) is 5.92 Å². The number of nitrogens with one attached hydrogen (secondary N) is 2. The highest BCUT2D eigenvalue weighted by atomic mass is 16.4. The topological polar surface area (TPSA) is 142 Å². The summed E-state index contributed by atoms with van der Waals surface area (Å²) in [5.41, 5.74) is 6.61. The molecule has 0 unspecified atom stereocenters. The maximum absolute atomic E-state index is 13.9. The molecule has 55 heavy (non-hydrogen) atoms. The van der Waals surface area contributed by atoms with Crippen LogP contribution in [0.25, 0.3) is 33.6 Å². The first-order valence-electron chi connectivity index (χ1n) is 19.4. The van der Waals surface area contributed by atoms with Crippen LogP contribution in [0.4, 0.5) is 4.79 Å². The first-order valence-corrected chi connectivity index (χ1v) is 19.4. The van der Waals surface area contributed by atoms with Crippen LogP contribution >= 0.6 is 0 Å². The fourth-order valence-corrected chi connectivity index (χ4v) is 8.54. The van der Waals surface area contributed by atoms with Crippen LogP contribution in [0.1, 0.15) is 73.9 Å². The molecule has 8 rings (SSSR count). The van der Waals surface area contributed by atoms with Crippen molar-refractivity contribution in [2.75, 3.05) is 40.3 Å². The van der Waals surface area contributed by atoms with Crippen LogP contribution in [0.15, 0.2) is 91.3 Å². The van der Waals surface area contributed by atoms with Crippen molar-refractivity contribution in [1.29, 1.82) is 0 Å². The number of rotatable bonds is 9. The lowest BCUT2D eigenvalue weighted by molar-refractivity contribution is -0.138. The van der Waals surface area contributed by atoms with E-state index in [0.29, 0.717) is 17.9 Å². The average molecular weight is 741 g/mol. The average Bonchev–Trinajstić information content (AvgIpc) is 4.06. The Bertz CT molecular complexity index is 2120. The molecule has 0 bridgehead atoms. The molecule has 3 N–H and O–H groups in total. The van der Waals surface area contributed by atoms with Crippen LogP contribution in [-0.4, -0.2) is 103 Å². The highest BCUT2D eigenvalue weighted by Crippen LogP contribution is 2.37. The number of carboxylic acid groups (broad SMARTS) is 1. The van der Waals surface area contributed by atoms with E-state index in [1.807, 2.05) is 24.4 Å². The number of piperidine rings is 1. The second-order valence-corrected chi connectivity index (χ2v) is 15.2. The number of benzene rings is 3. The zero-order valence-electron chi connectivity index (χ0n) is 31.4. The van der Waals surface area contributed by atoms with Crippen molar-refractivity contribution < 1.29 is 19.5 Å². The van der Waals surface area contributed by atoms with Gasteiger partial charge in [0.1, 0.15) is 17.7 Å². The molecule has 0 radical (unpaired) electrons. The third kappa shape index (κ3) is 7.38. The SMILES string of the molecule is CN1CCC(C(=O)N2CCC[C@H]2c2ncc(-c3ccc(-c4ccc(-c5cnc([C@@H]6CCCN6C(=O)[C@@H](c6ccccc6)N(C)C(=O)O)[nH]5)cc4)cc3)[nH]2)CC1. The maximum atomic E-state index is 13.9. The summed E-state index contributed by atoms with van der Waals surface area (Å²) in [6, 6.07) is 24.6. The van der Waals surface area contributed by atoms with Crippen LogP contribution in [-0.2, 0) is 9.59 Å². The first kappa shape index (κ1) is 36.2. The van der Waals surface area contributed by atoms with E-state index in [1.54, 1.807) is 23.2 Å². The second kappa shape index (κ2) is 15.5. The van der Waals surface area contributed by atoms with Crippen molar-refractivity contribution in [3.05, 3.63) is 108 Å². The third-order valence-corrected chi connectivity index (χ3v) is 11.7. The van der Waals surface area contributed by atoms with Gasteiger partial charge in [0.2, 0.25) is 5.91 Å². The van der Waals surface area contributed by atoms with Gasteiger partial charge in [0.25, 0.3) is 5.91 Å². The number of H-pyrrole nitrogens is 2. The molecule has 12 nitrogen and oxygen atoms in total. The quantitative estimate of drug-likeness (QED) is 0.146. The Labute approximate surface area is 321 Å². The van der Waals surface area contributed by atoms with Gasteiger partial charge >= 0.3 is 6.09 Å². The van der Waals surface area contributed by atoms with Gasteiger partial charge in [-0.05, 0) is 86.5 Å². The van der Waals surface area contributed by atoms with E-state index in [1.165, 1.54) is 7.05 Å². The standard InChI is InChI=1S/C43H48N8O4/c1-48-24-20-33(21-25-48)41(52)50-22-6-10-36(50)39-44-26-34(46-39)30-16-12-28(13-17-30)29-14-18-31(19-15-29)35-27-45-40(47-35)37-11-7-23-51(37)42(53)38(49(2)43(54)55)32-8-4-3-5-9-32/h3-5,8-9,12-19,26-27,33,36-38H,6-7,10-11,20-25H2,1-2H3,(H,44,46)(H,45,47)(H,54,55)/t36-,37-,38+/m0/s1. The van der Waals surface area contributed by atoms with Gasteiger partial charge < -0.3 is 29.8 Å². The molecular formula is C43H48N8O4. The van der Waals surface area contributed by atoms with Crippen LogP contribution in [0.3, 0.4) is 0 Å². The zero-order valence-corrected chi connectivity index (χ0v) is 31.4. The fourth-order valence-electron chi connectivity index (χ4n) is 8.54. The lowest BCUT2D eigenvalue weighted by Gasteiger charge is -2.32. The number of amides is 3. The van der Waals surface area contributed by atoms with E-state index in [4.69, 9.17) is 9.97 Å². The van der Waals surface area contributed by atoms with Gasteiger partial charge in [0.15, 0.2) is 0 Å². The summed E-state index contributed by atoms with van der Waals surface area (Å²) >= 11 is 0. The van der Waals surface area contributed by atoms with E-state index in [2.05, 4.69) is 75.3 Å². The van der Waals surface area contributed by atoms with Crippen LogP contribution in [0.5, 0.6) is 0 Å². The van der Waals surface area contributed by atoms with Crippen LogP contribution < -0.4 is 0 Å². The number of nitrogens with zero attached hydrogens (tertiary/aromatic N) is 6. The minimum Gasteiger partial charge on any atom is -0.465 e. The summed E-state index contributed by atoms with van der Waals surface area (Å²) in [5.74, 6) is 1.69. The molecule has 2 aromatic heterocycles. The van der Waals surface area contributed by atoms with Gasteiger partial charge in [-0.25, -0.2) is 14.8 Å². The minimum absolute atomic E-state index is 0.00191. The largest absolute Gasteiger partial charge is 0.465 e. The number of carbonyl (C=O) groups is 3. The molecule has 3 aliphatic rings. The Balaban J connectivity index is 0.925. The highest BCUT2D eigenvalue weighted by Gasteiger charge is 2.39. The Kier molecular flexibility index (Phi) is 10.2. The number of hydrogen-bond acceptors (Lipinski definition) is 6. The summed E-state index contributed by atoms with van der Waals surface area (Å²) < 4.78 is 0. The molecule has 3 amide bonds. The highest BCUT2D eigenvalue weighted by molar-refractivity contribution is 5.87. The molecule has 3 atom stereocenters. The molecular weight excluding hydrogens is 693 g/mol. The van der Waals surface area contributed by atoms with Crippen molar-refractivity contribution in [2.45, 2.75) is 56.7 Å². The summed E-state index contributed by atoms with van der Waals surface area (Å²) in [5, 5.41) is 9.79. The number of aromatic nitrogens is 4. The molecule has 5 aromatic rings.